The number of likely N-dealkylation sites (tertiary alicyclic amines) is 1. The van der Waals surface area contributed by atoms with Crippen LogP contribution in [0.25, 0.3) is 0 Å². The molecule has 0 radical (unpaired) electrons. The maximum atomic E-state index is 11.7. The van der Waals surface area contributed by atoms with Crippen molar-refractivity contribution >= 4 is 26.0 Å². The van der Waals surface area contributed by atoms with Crippen LogP contribution in [-0.2, 0) is 14.8 Å². The summed E-state index contributed by atoms with van der Waals surface area (Å²) in [5, 5.41) is 0.899. The van der Waals surface area contributed by atoms with E-state index in [2.05, 4.69) is 20.8 Å². The van der Waals surface area contributed by atoms with E-state index < -0.39 is 10.0 Å². The fraction of sp³-hybridized carbons (Fsp3) is 1.00. The first kappa shape index (κ1) is 17.7. The third-order valence-corrected chi connectivity index (χ3v) is 6.03. The van der Waals surface area contributed by atoms with Gasteiger partial charge >= 0.3 is 0 Å². The Morgan fingerprint density at radius 3 is 2.52 bits per heavy atom. The Morgan fingerprint density at radius 1 is 1.19 bits per heavy atom. The van der Waals surface area contributed by atoms with Gasteiger partial charge in [-0.25, -0.2) is 12.7 Å². The molecule has 1 unspecified atom stereocenters. The third kappa shape index (κ3) is 5.78. The van der Waals surface area contributed by atoms with Gasteiger partial charge in [0.25, 0.3) is 0 Å². The van der Waals surface area contributed by atoms with E-state index in [1.165, 1.54) is 6.26 Å². The molecule has 0 saturated carbocycles. The molecule has 2 saturated heterocycles. The van der Waals surface area contributed by atoms with E-state index >= 15 is 0 Å². The SMILES string of the molecule is CS(=O)(=O)N1CCCC(CN2CCC(OCCBr)CC2)C1. The van der Waals surface area contributed by atoms with E-state index in [1.54, 1.807) is 4.31 Å². The Labute approximate surface area is 137 Å². The van der Waals surface area contributed by atoms with Crippen LogP contribution in [0.2, 0.25) is 0 Å². The van der Waals surface area contributed by atoms with Crippen molar-refractivity contribution in [3.63, 3.8) is 0 Å². The molecule has 0 N–H and O–H groups in total. The molecule has 1 atom stereocenters. The summed E-state index contributed by atoms with van der Waals surface area (Å²) in [7, 11) is -3.03. The third-order valence-electron chi connectivity index (χ3n) is 4.43. The van der Waals surface area contributed by atoms with Crippen molar-refractivity contribution in [2.45, 2.75) is 31.8 Å². The van der Waals surface area contributed by atoms with Crippen molar-refractivity contribution in [2.75, 3.05) is 50.9 Å². The zero-order valence-electron chi connectivity index (χ0n) is 12.8. The van der Waals surface area contributed by atoms with Gasteiger partial charge in [0, 0.05) is 38.1 Å². The minimum absolute atomic E-state index is 0.401. The van der Waals surface area contributed by atoms with Crippen molar-refractivity contribution < 1.29 is 13.2 Å². The highest BCUT2D eigenvalue weighted by Gasteiger charge is 2.28. The molecule has 21 heavy (non-hydrogen) atoms. The topological polar surface area (TPSA) is 49.9 Å². The zero-order chi connectivity index (χ0) is 15.3. The summed E-state index contributed by atoms with van der Waals surface area (Å²) in [6.45, 7) is 5.34. The molecule has 0 bridgehead atoms. The molecule has 124 valence electrons. The van der Waals surface area contributed by atoms with Crippen molar-refractivity contribution in [3.8, 4) is 0 Å². The van der Waals surface area contributed by atoms with E-state index in [9.17, 15) is 8.42 Å². The molecule has 2 aliphatic heterocycles. The van der Waals surface area contributed by atoms with Crippen LogP contribution in [0.3, 0.4) is 0 Å². The van der Waals surface area contributed by atoms with Gasteiger partial charge in [-0.2, -0.15) is 0 Å². The Bertz CT molecular complexity index is 410. The summed E-state index contributed by atoms with van der Waals surface area (Å²) in [6, 6.07) is 0. The van der Waals surface area contributed by atoms with Crippen LogP contribution < -0.4 is 0 Å². The minimum atomic E-state index is -3.03. The van der Waals surface area contributed by atoms with Gasteiger partial charge in [0.2, 0.25) is 10.0 Å². The first-order valence-corrected chi connectivity index (χ1v) is 10.8. The minimum Gasteiger partial charge on any atom is -0.377 e. The van der Waals surface area contributed by atoms with Gasteiger partial charge in [0.1, 0.15) is 0 Å². The van der Waals surface area contributed by atoms with Crippen LogP contribution in [0, 0.1) is 5.92 Å². The Hall–Kier alpha value is 0.310. The van der Waals surface area contributed by atoms with Gasteiger partial charge in [-0.15, -0.1) is 0 Å². The molecule has 0 aromatic heterocycles. The van der Waals surface area contributed by atoms with Crippen LogP contribution >= 0.6 is 15.9 Å². The summed E-state index contributed by atoms with van der Waals surface area (Å²) < 4.78 is 30.7. The lowest BCUT2D eigenvalue weighted by atomic mass is 9.97. The molecule has 2 heterocycles. The molecule has 0 aliphatic carbocycles. The van der Waals surface area contributed by atoms with Crippen LogP contribution in [0.4, 0.5) is 0 Å². The normalized spacial score (nSPS) is 27.0. The number of hydrogen-bond donors (Lipinski definition) is 0. The van der Waals surface area contributed by atoms with Gasteiger partial charge in [0.05, 0.1) is 19.0 Å². The number of nitrogens with zero attached hydrogens (tertiary/aromatic N) is 2. The lowest BCUT2D eigenvalue weighted by molar-refractivity contribution is 0.0108. The van der Waals surface area contributed by atoms with Crippen molar-refractivity contribution in [2.24, 2.45) is 5.92 Å². The second-order valence-electron chi connectivity index (χ2n) is 6.19. The van der Waals surface area contributed by atoms with E-state index in [1.807, 2.05) is 0 Å². The maximum Gasteiger partial charge on any atom is 0.211 e. The van der Waals surface area contributed by atoms with Gasteiger partial charge in [-0.3, -0.25) is 0 Å². The fourth-order valence-electron chi connectivity index (χ4n) is 3.31. The highest BCUT2D eigenvalue weighted by Crippen LogP contribution is 2.22. The second-order valence-corrected chi connectivity index (χ2v) is 8.96. The van der Waals surface area contributed by atoms with Crippen molar-refractivity contribution in [3.05, 3.63) is 0 Å². The molecule has 2 rings (SSSR count). The number of ether oxygens (including phenoxy) is 1. The quantitative estimate of drug-likeness (QED) is 0.653. The summed E-state index contributed by atoms with van der Waals surface area (Å²) in [4.78, 5) is 2.48. The van der Waals surface area contributed by atoms with Gasteiger partial charge in [-0.05, 0) is 31.6 Å². The highest BCUT2D eigenvalue weighted by molar-refractivity contribution is 9.09. The number of hydrogen-bond acceptors (Lipinski definition) is 4. The highest BCUT2D eigenvalue weighted by atomic mass is 79.9. The summed E-state index contributed by atoms with van der Waals surface area (Å²) in [6.07, 6.45) is 6.04. The van der Waals surface area contributed by atoms with Crippen LogP contribution in [-0.4, -0.2) is 74.6 Å². The van der Waals surface area contributed by atoms with Gasteiger partial charge < -0.3 is 9.64 Å². The number of rotatable bonds is 6. The Balaban J connectivity index is 1.73. The predicted molar refractivity (Wildman–Crippen MR) is 88.3 cm³/mol. The van der Waals surface area contributed by atoms with Crippen LogP contribution in [0.15, 0.2) is 0 Å². The maximum absolute atomic E-state index is 11.7. The van der Waals surface area contributed by atoms with Crippen LogP contribution in [0.5, 0.6) is 0 Å². The van der Waals surface area contributed by atoms with Crippen LogP contribution in [0.1, 0.15) is 25.7 Å². The molecule has 0 spiro atoms. The molecule has 2 aliphatic rings. The van der Waals surface area contributed by atoms with Gasteiger partial charge in [-0.1, -0.05) is 15.9 Å². The van der Waals surface area contributed by atoms with E-state index in [-0.39, 0.29) is 0 Å². The largest absolute Gasteiger partial charge is 0.377 e. The Kier molecular flexibility index (Phi) is 6.93. The molecular weight excluding hydrogens is 356 g/mol. The molecule has 7 heteroatoms. The standard InChI is InChI=1S/C14H27BrN2O3S/c1-21(18,19)17-7-2-3-13(12-17)11-16-8-4-14(5-9-16)20-10-6-15/h13-14H,2-12H2,1H3. The van der Waals surface area contributed by atoms with E-state index in [0.717, 1.165) is 57.3 Å². The van der Waals surface area contributed by atoms with E-state index in [4.69, 9.17) is 4.74 Å². The molecule has 2 fully saturated rings. The van der Waals surface area contributed by atoms with Gasteiger partial charge in [0.15, 0.2) is 0 Å². The van der Waals surface area contributed by atoms with Crippen molar-refractivity contribution in [1.82, 2.24) is 9.21 Å². The second kappa shape index (κ2) is 8.24. The molecular formula is C14H27BrN2O3S. The molecule has 0 amide bonds. The predicted octanol–water partition coefficient (Wildman–Crippen LogP) is 1.53. The average molecular weight is 383 g/mol. The van der Waals surface area contributed by atoms with E-state index in [0.29, 0.717) is 25.1 Å². The monoisotopic (exact) mass is 382 g/mol. The number of piperidine rings is 2. The summed E-state index contributed by atoms with van der Waals surface area (Å²) >= 11 is 3.39. The molecule has 0 aromatic carbocycles. The lowest BCUT2D eigenvalue weighted by Gasteiger charge is -2.37. The average Bonchev–Trinajstić information content (AvgIpc) is 2.46. The summed E-state index contributed by atoms with van der Waals surface area (Å²) in [5.41, 5.74) is 0. The first-order valence-electron chi connectivity index (χ1n) is 7.84. The number of halogens is 1. The molecule has 0 aromatic rings. The zero-order valence-corrected chi connectivity index (χ0v) is 15.2. The smallest absolute Gasteiger partial charge is 0.211 e. The Morgan fingerprint density at radius 2 is 1.90 bits per heavy atom. The fourth-order valence-corrected chi connectivity index (χ4v) is 4.44. The van der Waals surface area contributed by atoms with Crippen molar-refractivity contribution in [1.29, 1.82) is 0 Å². The molecule has 5 nitrogen and oxygen atoms in total. The first-order chi connectivity index (χ1) is 9.99. The summed E-state index contributed by atoms with van der Waals surface area (Å²) in [5.74, 6) is 0.480. The lowest BCUT2D eigenvalue weighted by Crippen LogP contribution is -2.45. The number of alkyl halides is 1. The number of sulfonamides is 1.